The van der Waals surface area contributed by atoms with E-state index in [1.54, 1.807) is 31.4 Å². The number of nitrogens with zero attached hydrogens (tertiary/aromatic N) is 2. The second kappa shape index (κ2) is 10.3. The number of benzene rings is 2. The number of aromatic nitrogens is 1. The summed E-state index contributed by atoms with van der Waals surface area (Å²) in [7, 11) is -2.12. The normalized spacial score (nSPS) is 12.7. The highest BCUT2D eigenvalue weighted by molar-refractivity contribution is 7.89. The molecule has 0 amide bonds. The predicted octanol–water partition coefficient (Wildman–Crippen LogP) is 5.03. The molecule has 0 spiro atoms. The van der Waals surface area contributed by atoms with E-state index >= 15 is 0 Å². The first kappa shape index (κ1) is 23.2. The van der Waals surface area contributed by atoms with Crippen molar-refractivity contribution in [2.45, 2.75) is 51.3 Å². The van der Waals surface area contributed by atoms with Crippen LogP contribution in [0, 0.1) is 6.92 Å². The van der Waals surface area contributed by atoms with Gasteiger partial charge in [0.2, 0.25) is 10.0 Å². The summed E-state index contributed by atoms with van der Waals surface area (Å²) in [5.74, 6) is 1.40. The van der Waals surface area contributed by atoms with Gasteiger partial charge in [0.05, 0.1) is 24.2 Å². The third-order valence-corrected chi connectivity index (χ3v) is 7.89. The molecule has 8 heteroatoms. The molecule has 0 aliphatic heterocycles. The van der Waals surface area contributed by atoms with Crippen molar-refractivity contribution in [2.24, 2.45) is 0 Å². The summed E-state index contributed by atoms with van der Waals surface area (Å²) in [5, 5.41) is 2.70. The third kappa shape index (κ3) is 5.84. The lowest BCUT2D eigenvalue weighted by Gasteiger charge is -2.27. The van der Waals surface area contributed by atoms with Gasteiger partial charge in [-0.05, 0) is 56.7 Å². The Morgan fingerprint density at radius 2 is 1.71 bits per heavy atom. The van der Waals surface area contributed by atoms with Gasteiger partial charge in [0.15, 0.2) is 0 Å². The first-order valence-corrected chi connectivity index (χ1v) is 12.4. The zero-order valence-electron chi connectivity index (χ0n) is 18.2. The number of methoxy groups -OCH3 is 1. The SMILES string of the molecule is CC[C@H](C)N(Cc1csc(COc2ccc(C)cc2)n1)S(=O)(=O)c1ccc(OC)cc1. The van der Waals surface area contributed by atoms with Crippen LogP contribution < -0.4 is 9.47 Å². The van der Waals surface area contributed by atoms with E-state index in [0.717, 1.165) is 10.8 Å². The maximum absolute atomic E-state index is 13.3. The second-order valence-corrected chi connectivity index (χ2v) is 10.2. The van der Waals surface area contributed by atoms with Crippen LogP contribution in [0.15, 0.2) is 58.8 Å². The van der Waals surface area contributed by atoms with Crippen LogP contribution in [-0.2, 0) is 23.2 Å². The molecule has 3 aromatic rings. The van der Waals surface area contributed by atoms with Crippen LogP contribution in [0.3, 0.4) is 0 Å². The summed E-state index contributed by atoms with van der Waals surface area (Å²) in [6.07, 6.45) is 0.697. The summed E-state index contributed by atoms with van der Waals surface area (Å²) in [6, 6.07) is 14.1. The lowest BCUT2D eigenvalue weighted by atomic mass is 10.2. The van der Waals surface area contributed by atoms with E-state index in [1.165, 1.54) is 21.2 Å². The van der Waals surface area contributed by atoms with Crippen molar-refractivity contribution in [2.75, 3.05) is 7.11 Å². The van der Waals surface area contributed by atoms with Gasteiger partial charge in [-0.15, -0.1) is 11.3 Å². The van der Waals surface area contributed by atoms with Crippen LogP contribution >= 0.6 is 11.3 Å². The molecular formula is C23H28N2O4S2. The monoisotopic (exact) mass is 460 g/mol. The number of hydrogen-bond donors (Lipinski definition) is 0. The van der Waals surface area contributed by atoms with Gasteiger partial charge < -0.3 is 9.47 Å². The highest BCUT2D eigenvalue weighted by Gasteiger charge is 2.29. The fourth-order valence-corrected chi connectivity index (χ4v) is 5.36. The van der Waals surface area contributed by atoms with Crippen molar-refractivity contribution in [3.05, 3.63) is 70.2 Å². The minimum Gasteiger partial charge on any atom is -0.497 e. The van der Waals surface area contributed by atoms with E-state index in [9.17, 15) is 8.42 Å². The van der Waals surface area contributed by atoms with Crippen molar-refractivity contribution < 1.29 is 17.9 Å². The minimum atomic E-state index is -3.67. The van der Waals surface area contributed by atoms with Gasteiger partial charge >= 0.3 is 0 Å². The van der Waals surface area contributed by atoms with Gasteiger partial charge in [-0.1, -0.05) is 24.6 Å². The average molecular weight is 461 g/mol. The molecule has 0 N–H and O–H groups in total. The number of ether oxygens (including phenoxy) is 2. The molecule has 6 nitrogen and oxygen atoms in total. The van der Waals surface area contributed by atoms with Gasteiger partial charge in [-0.3, -0.25) is 0 Å². The molecule has 0 saturated heterocycles. The van der Waals surface area contributed by atoms with Crippen molar-refractivity contribution in [1.29, 1.82) is 0 Å². The van der Waals surface area contributed by atoms with Gasteiger partial charge in [0, 0.05) is 11.4 Å². The van der Waals surface area contributed by atoms with E-state index in [1.807, 2.05) is 50.4 Å². The molecule has 1 heterocycles. The summed E-state index contributed by atoms with van der Waals surface area (Å²) in [6.45, 7) is 6.48. The molecule has 0 fully saturated rings. The summed E-state index contributed by atoms with van der Waals surface area (Å²) < 4.78 is 39.1. The summed E-state index contributed by atoms with van der Waals surface area (Å²) in [4.78, 5) is 4.84. The molecule has 3 rings (SSSR count). The topological polar surface area (TPSA) is 68.7 Å². The Morgan fingerprint density at radius 3 is 2.32 bits per heavy atom. The van der Waals surface area contributed by atoms with Crippen LogP contribution in [0.25, 0.3) is 0 Å². The first-order valence-electron chi connectivity index (χ1n) is 10.1. The standard InChI is InChI=1S/C23H28N2O4S2/c1-5-18(3)25(31(26,27)22-12-10-20(28-4)11-13-22)14-19-16-30-23(24-19)15-29-21-8-6-17(2)7-9-21/h6-13,16,18H,5,14-15H2,1-4H3/t18-/m0/s1. The smallest absolute Gasteiger partial charge is 0.243 e. The molecule has 1 aromatic heterocycles. The highest BCUT2D eigenvalue weighted by Crippen LogP contribution is 2.25. The van der Waals surface area contributed by atoms with Crippen LogP contribution in [0.4, 0.5) is 0 Å². The minimum absolute atomic E-state index is 0.166. The fourth-order valence-electron chi connectivity index (χ4n) is 2.99. The lowest BCUT2D eigenvalue weighted by Crippen LogP contribution is -2.37. The molecule has 0 radical (unpaired) electrons. The molecule has 0 bridgehead atoms. The summed E-state index contributed by atoms with van der Waals surface area (Å²) >= 11 is 1.47. The van der Waals surface area contributed by atoms with E-state index in [-0.39, 0.29) is 17.5 Å². The van der Waals surface area contributed by atoms with E-state index in [0.29, 0.717) is 24.5 Å². The molecule has 0 aliphatic rings. The Morgan fingerprint density at radius 1 is 1.06 bits per heavy atom. The van der Waals surface area contributed by atoms with Gasteiger partial charge in [-0.2, -0.15) is 4.31 Å². The largest absolute Gasteiger partial charge is 0.497 e. The number of aryl methyl sites for hydroxylation is 1. The molecule has 0 aliphatic carbocycles. The lowest BCUT2D eigenvalue weighted by molar-refractivity contribution is 0.302. The van der Waals surface area contributed by atoms with Gasteiger partial charge in [-0.25, -0.2) is 13.4 Å². The Kier molecular flexibility index (Phi) is 7.69. The number of sulfonamides is 1. The second-order valence-electron chi connectivity index (χ2n) is 7.32. The quantitative estimate of drug-likeness (QED) is 0.424. The Hall–Kier alpha value is -2.42. The van der Waals surface area contributed by atoms with Crippen LogP contribution in [0.5, 0.6) is 11.5 Å². The van der Waals surface area contributed by atoms with Crippen molar-refractivity contribution in [1.82, 2.24) is 9.29 Å². The maximum Gasteiger partial charge on any atom is 0.243 e. The molecule has 0 saturated carbocycles. The van der Waals surface area contributed by atoms with E-state index in [2.05, 4.69) is 4.98 Å². The van der Waals surface area contributed by atoms with Crippen molar-refractivity contribution in [3.63, 3.8) is 0 Å². The molecule has 1 atom stereocenters. The Balaban J connectivity index is 1.74. The molecule has 31 heavy (non-hydrogen) atoms. The third-order valence-electron chi connectivity index (χ3n) is 5.05. The molecule has 2 aromatic carbocycles. The number of thiazole rings is 1. The molecule has 0 unspecified atom stereocenters. The van der Waals surface area contributed by atoms with Crippen LogP contribution in [0.1, 0.15) is 36.5 Å². The average Bonchev–Trinajstić information content (AvgIpc) is 3.24. The molecular weight excluding hydrogens is 432 g/mol. The Labute approximate surface area is 188 Å². The van der Waals surface area contributed by atoms with Crippen molar-refractivity contribution >= 4 is 21.4 Å². The van der Waals surface area contributed by atoms with E-state index < -0.39 is 10.0 Å². The zero-order valence-corrected chi connectivity index (χ0v) is 19.9. The van der Waals surface area contributed by atoms with Gasteiger partial charge in [0.1, 0.15) is 23.1 Å². The van der Waals surface area contributed by atoms with Gasteiger partial charge in [0.25, 0.3) is 0 Å². The summed E-state index contributed by atoms with van der Waals surface area (Å²) in [5.41, 5.74) is 1.89. The highest BCUT2D eigenvalue weighted by atomic mass is 32.2. The maximum atomic E-state index is 13.3. The first-order chi connectivity index (χ1) is 14.8. The fraction of sp³-hybridized carbons (Fsp3) is 0.348. The van der Waals surface area contributed by atoms with E-state index in [4.69, 9.17) is 9.47 Å². The van der Waals surface area contributed by atoms with Crippen LogP contribution in [0.2, 0.25) is 0 Å². The Bertz CT molecular complexity index is 1080. The number of hydrogen-bond acceptors (Lipinski definition) is 6. The molecule has 166 valence electrons. The number of rotatable bonds is 10. The van der Waals surface area contributed by atoms with Crippen LogP contribution in [-0.4, -0.2) is 30.9 Å². The van der Waals surface area contributed by atoms with Crippen molar-refractivity contribution in [3.8, 4) is 11.5 Å². The zero-order chi connectivity index (χ0) is 22.4. The predicted molar refractivity (Wildman–Crippen MR) is 123 cm³/mol.